The predicted molar refractivity (Wildman–Crippen MR) is 101 cm³/mol. The van der Waals surface area contributed by atoms with Gasteiger partial charge in [-0.3, -0.25) is 9.67 Å². The highest BCUT2D eigenvalue weighted by atomic mass is 15.3. The maximum atomic E-state index is 6.21. The van der Waals surface area contributed by atoms with Crippen LogP contribution in [-0.2, 0) is 0 Å². The fourth-order valence-corrected chi connectivity index (χ4v) is 3.00. The Morgan fingerprint density at radius 1 is 1.08 bits per heavy atom. The molecule has 0 amide bonds. The molecule has 1 aliphatic carbocycles. The number of rotatable bonds is 4. The van der Waals surface area contributed by atoms with Crippen molar-refractivity contribution in [1.82, 2.24) is 24.7 Å². The highest BCUT2D eigenvalue weighted by Gasteiger charge is 2.24. The summed E-state index contributed by atoms with van der Waals surface area (Å²) >= 11 is 0. The Bertz CT molecular complexity index is 1080. The van der Waals surface area contributed by atoms with Gasteiger partial charge in [0.15, 0.2) is 0 Å². The Labute approximate surface area is 149 Å². The normalized spacial score (nSPS) is 13.8. The molecule has 1 aromatic carbocycles. The maximum absolute atomic E-state index is 6.21. The molecule has 0 radical (unpaired) electrons. The summed E-state index contributed by atoms with van der Waals surface area (Å²) in [4.78, 5) is 13.1. The van der Waals surface area contributed by atoms with Gasteiger partial charge in [-0.25, -0.2) is 9.97 Å². The predicted octanol–water partition coefficient (Wildman–Crippen LogP) is 3.55. The molecule has 1 saturated carbocycles. The number of hydrogen-bond donors (Lipinski definition) is 2. The van der Waals surface area contributed by atoms with E-state index in [1.165, 1.54) is 12.8 Å². The van der Waals surface area contributed by atoms with Gasteiger partial charge in [0.2, 0.25) is 5.95 Å². The van der Waals surface area contributed by atoms with Crippen LogP contribution in [0.1, 0.15) is 18.9 Å². The van der Waals surface area contributed by atoms with Crippen molar-refractivity contribution in [3.63, 3.8) is 0 Å². The summed E-state index contributed by atoms with van der Waals surface area (Å²) in [7, 11) is 0. The minimum Gasteiger partial charge on any atom is -0.398 e. The molecule has 26 heavy (non-hydrogen) atoms. The lowest BCUT2D eigenvalue weighted by Crippen LogP contribution is -1.98. The largest absolute Gasteiger partial charge is 0.398 e. The van der Waals surface area contributed by atoms with E-state index in [-0.39, 0.29) is 0 Å². The lowest BCUT2D eigenvalue weighted by Gasteiger charge is -2.08. The van der Waals surface area contributed by atoms with Crippen LogP contribution in [0.25, 0.3) is 22.0 Å². The first-order valence-electron chi connectivity index (χ1n) is 8.54. The Morgan fingerprint density at radius 3 is 2.73 bits per heavy atom. The summed E-state index contributed by atoms with van der Waals surface area (Å²) in [5.41, 5.74) is 10.6. The van der Waals surface area contributed by atoms with Crippen molar-refractivity contribution in [2.75, 3.05) is 11.1 Å². The smallest absolute Gasteiger partial charge is 0.227 e. The number of nitrogens with zero attached hydrogens (tertiary/aromatic N) is 5. The average molecular weight is 343 g/mol. The summed E-state index contributed by atoms with van der Waals surface area (Å²) in [5, 5.41) is 8.43. The molecule has 3 N–H and O–H groups in total. The van der Waals surface area contributed by atoms with E-state index in [2.05, 4.69) is 25.4 Å². The Morgan fingerprint density at radius 2 is 1.92 bits per heavy atom. The zero-order chi connectivity index (χ0) is 17.5. The van der Waals surface area contributed by atoms with Gasteiger partial charge in [-0.05, 0) is 48.2 Å². The number of nitrogens with two attached hydrogens (primary N) is 1. The first-order chi connectivity index (χ1) is 12.8. The molecule has 7 heteroatoms. The van der Waals surface area contributed by atoms with E-state index in [4.69, 9.17) is 5.73 Å². The number of fused-ring (bicyclic) bond motifs is 1. The van der Waals surface area contributed by atoms with Gasteiger partial charge >= 0.3 is 0 Å². The molecule has 0 atom stereocenters. The summed E-state index contributed by atoms with van der Waals surface area (Å²) in [6, 6.07) is 8.40. The van der Waals surface area contributed by atoms with Crippen LogP contribution in [0.2, 0.25) is 0 Å². The van der Waals surface area contributed by atoms with Gasteiger partial charge in [0.05, 0.1) is 23.4 Å². The number of nitrogens with one attached hydrogen (secondary N) is 1. The Hall–Kier alpha value is -3.48. The molecule has 5 rings (SSSR count). The number of benzene rings is 1. The van der Waals surface area contributed by atoms with Crippen molar-refractivity contribution < 1.29 is 0 Å². The quantitative estimate of drug-likeness (QED) is 0.550. The molecule has 3 aromatic heterocycles. The number of pyridine rings is 1. The second kappa shape index (κ2) is 5.80. The number of aromatic nitrogens is 5. The molecule has 0 aliphatic heterocycles. The zero-order valence-corrected chi connectivity index (χ0v) is 14.0. The summed E-state index contributed by atoms with van der Waals surface area (Å²) < 4.78 is 1.99. The van der Waals surface area contributed by atoms with Crippen LogP contribution >= 0.6 is 0 Å². The monoisotopic (exact) mass is 343 g/mol. The lowest BCUT2D eigenvalue weighted by atomic mass is 10.0. The highest BCUT2D eigenvalue weighted by Crippen LogP contribution is 2.35. The zero-order valence-electron chi connectivity index (χ0n) is 14.0. The molecule has 128 valence electrons. The molecule has 0 unspecified atom stereocenters. The molecular weight excluding hydrogens is 326 g/mol. The van der Waals surface area contributed by atoms with Crippen LogP contribution in [0, 0.1) is 0 Å². The second-order valence-corrected chi connectivity index (χ2v) is 6.49. The molecule has 1 fully saturated rings. The SMILES string of the molecule is Nc1cc(-c2ccncc2)cc2nc(Nc3cnn(C4CC4)c3)ncc12. The van der Waals surface area contributed by atoms with Crippen molar-refractivity contribution in [3.05, 3.63) is 55.2 Å². The van der Waals surface area contributed by atoms with Crippen molar-refractivity contribution in [1.29, 1.82) is 0 Å². The lowest BCUT2D eigenvalue weighted by molar-refractivity contribution is 0.642. The maximum Gasteiger partial charge on any atom is 0.227 e. The van der Waals surface area contributed by atoms with Crippen molar-refractivity contribution in [3.8, 4) is 11.1 Å². The minimum absolute atomic E-state index is 0.527. The average Bonchev–Trinajstić information content (AvgIpc) is 3.42. The van der Waals surface area contributed by atoms with Gasteiger partial charge in [0.25, 0.3) is 0 Å². The molecular formula is C19H17N7. The molecule has 0 bridgehead atoms. The molecule has 4 aromatic rings. The summed E-state index contributed by atoms with van der Waals surface area (Å²) in [6.45, 7) is 0. The van der Waals surface area contributed by atoms with Crippen LogP contribution < -0.4 is 11.1 Å². The highest BCUT2D eigenvalue weighted by molar-refractivity contribution is 5.94. The minimum atomic E-state index is 0.527. The Kier molecular flexibility index (Phi) is 3.31. The van der Waals surface area contributed by atoms with Crippen LogP contribution in [0.15, 0.2) is 55.2 Å². The van der Waals surface area contributed by atoms with Crippen molar-refractivity contribution >= 4 is 28.2 Å². The van der Waals surface area contributed by atoms with E-state index < -0.39 is 0 Å². The van der Waals surface area contributed by atoms with E-state index in [0.29, 0.717) is 17.7 Å². The van der Waals surface area contributed by atoms with Crippen LogP contribution in [0.3, 0.4) is 0 Å². The number of nitrogen functional groups attached to an aromatic ring is 1. The van der Waals surface area contributed by atoms with Gasteiger partial charge in [-0.15, -0.1) is 0 Å². The molecule has 0 spiro atoms. The van der Waals surface area contributed by atoms with E-state index in [9.17, 15) is 0 Å². The first-order valence-corrected chi connectivity index (χ1v) is 8.54. The second-order valence-electron chi connectivity index (χ2n) is 6.49. The van der Waals surface area contributed by atoms with E-state index in [1.54, 1.807) is 24.8 Å². The molecule has 3 heterocycles. The van der Waals surface area contributed by atoms with Crippen LogP contribution in [0.4, 0.5) is 17.3 Å². The standard InChI is InChI=1S/C19H17N7/c20-17-7-13(12-3-5-21-6-4-12)8-18-16(17)10-22-19(25-18)24-14-9-23-26(11-14)15-1-2-15/h3-11,15H,1-2,20H2,(H,22,24,25). The van der Waals surface area contributed by atoms with E-state index >= 15 is 0 Å². The van der Waals surface area contributed by atoms with Gasteiger partial charge < -0.3 is 11.1 Å². The number of hydrogen-bond acceptors (Lipinski definition) is 6. The molecule has 0 saturated heterocycles. The van der Waals surface area contributed by atoms with Crippen LogP contribution in [-0.4, -0.2) is 24.7 Å². The van der Waals surface area contributed by atoms with Crippen LogP contribution in [0.5, 0.6) is 0 Å². The summed E-state index contributed by atoms with van der Waals surface area (Å²) in [5.74, 6) is 0.527. The van der Waals surface area contributed by atoms with Gasteiger partial charge in [-0.1, -0.05) is 0 Å². The van der Waals surface area contributed by atoms with Gasteiger partial charge in [0.1, 0.15) is 0 Å². The fourth-order valence-electron chi connectivity index (χ4n) is 3.00. The third-order valence-electron chi connectivity index (χ3n) is 4.52. The van der Waals surface area contributed by atoms with Crippen molar-refractivity contribution in [2.24, 2.45) is 0 Å². The topological polar surface area (TPSA) is 94.5 Å². The summed E-state index contributed by atoms with van der Waals surface area (Å²) in [6.07, 6.45) is 11.5. The third-order valence-corrected chi connectivity index (χ3v) is 4.52. The first kappa shape index (κ1) is 14.8. The fraction of sp³-hybridized carbons (Fsp3) is 0.158. The molecule has 7 nitrogen and oxygen atoms in total. The van der Waals surface area contributed by atoms with E-state index in [1.807, 2.05) is 35.1 Å². The van der Waals surface area contributed by atoms with Crippen molar-refractivity contribution in [2.45, 2.75) is 18.9 Å². The number of anilines is 3. The Balaban J connectivity index is 1.50. The van der Waals surface area contributed by atoms with E-state index in [0.717, 1.165) is 27.7 Å². The third kappa shape index (κ3) is 2.73. The van der Waals surface area contributed by atoms with Gasteiger partial charge in [0, 0.05) is 35.9 Å². The molecule has 1 aliphatic rings. The van der Waals surface area contributed by atoms with Gasteiger partial charge in [-0.2, -0.15) is 5.10 Å².